The molecule has 0 aliphatic carbocycles. The van der Waals surface area contributed by atoms with Crippen molar-refractivity contribution in [3.63, 3.8) is 0 Å². The minimum absolute atomic E-state index is 1.16. The molecule has 0 aliphatic rings. The number of rotatable bonds is 4. The number of benzene rings is 3. The highest BCUT2D eigenvalue weighted by Gasteiger charge is 2.58. The van der Waals surface area contributed by atoms with E-state index < -0.39 is 29.4 Å². The molecule has 27 heavy (non-hydrogen) atoms. The van der Waals surface area contributed by atoms with Gasteiger partial charge >= 0.3 is 0 Å². The second kappa shape index (κ2) is 6.54. The molecule has 0 amide bonds. The molecule has 3 aromatic rings. The van der Waals surface area contributed by atoms with Crippen LogP contribution in [0, 0.1) is 0 Å². The van der Waals surface area contributed by atoms with E-state index in [0.717, 1.165) is 0 Å². The monoisotopic (exact) mass is 424 g/mol. The molecule has 0 heterocycles. The van der Waals surface area contributed by atoms with Crippen LogP contribution in [0.15, 0.2) is 54.6 Å². The molecule has 0 aromatic heterocycles. The Balaban J connectivity index is 2.41. The zero-order chi connectivity index (χ0) is 20.3. The first kappa shape index (κ1) is 20.8. The molecule has 0 saturated heterocycles. The van der Waals surface area contributed by atoms with Gasteiger partial charge in [0.25, 0.3) is 0 Å². The van der Waals surface area contributed by atoms with E-state index in [4.69, 9.17) is 0 Å². The van der Waals surface area contributed by atoms with Crippen LogP contribution in [0.25, 0.3) is 21.5 Å². The molecule has 0 fully saturated rings. The van der Waals surface area contributed by atoms with Gasteiger partial charge in [-0.2, -0.15) is 0 Å². The van der Waals surface area contributed by atoms with Crippen LogP contribution in [0.4, 0.5) is 0 Å². The fraction of sp³-hybridized carbons (Fsp3) is 0.391. The van der Waals surface area contributed by atoms with Crippen molar-refractivity contribution in [1.29, 1.82) is 0 Å². The van der Waals surface area contributed by atoms with Gasteiger partial charge in [0.15, 0.2) is 0 Å². The average molecular weight is 425 g/mol. The van der Waals surface area contributed by atoms with Crippen LogP contribution >= 0.6 is 0 Å². The molecule has 3 rings (SSSR count). The third-order valence-electron chi connectivity index (χ3n) is 8.40. The van der Waals surface area contributed by atoms with Gasteiger partial charge < -0.3 is 0 Å². The van der Waals surface area contributed by atoms with Crippen LogP contribution in [0.5, 0.6) is 0 Å². The standard InChI is InChI=1S/C23H36Si4/c1-24(2,3)26(6,7)27(8,9)25(4,5)23-21-16-12-10-14-19(21)18-20-15-11-13-17-22(20)23/h10-18H,1-9H3. The summed E-state index contributed by atoms with van der Waals surface area (Å²) in [5.41, 5.74) is 0. The van der Waals surface area contributed by atoms with Gasteiger partial charge in [0.1, 0.15) is 0 Å². The van der Waals surface area contributed by atoms with Crippen LogP contribution < -0.4 is 5.19 Å². The zero-order valence-corrected chi connectivity index (χ0v) is 22.7. The molecule has 0 nitrogen and oxygen atoms in total. The quantitative estimate of drug-likeness (QED) is 0.315. The summed E-state index contributed by atoms with van der Waals surface area (Å²) in [6.07, 6.45) is 0. The fourth-order valence-electron chi connectivity index (χ4n) is 4.72. The van der Waals surface area contributed by atoms with Gasteiger partial charge in [-0.1, -0.05) is 107 Å². The zero-order valence-electron chi connectivity index (χ0n) is 18.7. The predicted molar refractivity (Wildman–Crippen MR) is 137 cm³/mol. The van der Waals surface area contributed by atoms with Crippen molar-refractivity contribution in [3.05, 3.63) is 54.6 Å². The molecule has 0 N–H and O–H groups in total. The first-order chi connectivity index (χ1) is 12.3. The van der Waals surface area contributed by atoms with Crippen LogP contribution in [0.2, 0.25) is 58.9 Å². The SMILES string of the molecule is C[Si](C)(C)[Si](C)(C)[Si](C)(C)[Si](C)(C)c1c2ccccc2cc2ccccc12. The van der Waals surface area contributed by atoms with Crippen molar-refractivity contribution in [2.24, 2.45) is 0 Å². The summed E-state index contributed by atoms with van der Waals surface area (Å²) >= 11 is 0. The topological polar surface area (TPSA) is 0 Å². The van der Waals surface area contributed by atoms with Gasteiger partial charge in [0, 0.05) is 21.8 Å². The first-order valence-corrected chi connectivity index (χ1v) is 25.7. The smallest absolute Gasteiger partial charge is 0.0727 e. The number of fused-ring (bicyclic) bond motifs is 2. The van der Waals surface area contributed by atoms with Crippen molar-refractivity contribution in [2.75, 3.05) is 0 Å². The Labute approximate surface area is 169 Å². The minimum atomic E-state index is -1.65. The van der Waals surface area contributed by atoms with E-state index in [2.05, 4.69) is 114 Å². The van der Waals surface area contributed by atoms with Gasteiger partial charge in [0.2, 0.25) is 0 Å². The lowest BCUT2D eigenvalue weighted by Crippen LogP contribution is -2.81. The largest absolute Gasteiger partial charge is 0.0733 e. The van der Waals surface area contributed by atoms with Crippen molar-refractivity contribution in [1.82, 2.24) is 0 Å². The van der Waals surface area contributed by atoms with Gasteiger partial charge in [-0.25, -0.2) is 0 Å². The summed E-state index contributed by atoms with van der Waals surface area (Å²) in [7, 11) is -5.52. The van der Waals surface area contributed by atoms with Crippen molar-refractivity contribution < 1.29 is 0 Å². The van der Waals surface area contributed by atoms with Crippen molar-refractivity contribution in [3.8, 4) is 0 Å². The minimum Gasteiger partial charge on any atom is -0.0733 e. The molecular weight excluding hydrogens is 389 g/mol. The van der Waals surface area contributed by atoms with E-state index in [9.17, 15) is 0 Å². The Hall–Kier alpha value is -0.952. The summed E-state index contributed by atoms with van der Waals surface area (Å²) in [6, 6.07) is 20.7. The van der Waals surface area contributed by atoms with E-state index in [-0.39, 0.29) is 0 Å². The Bertz CT molecular complexity index is 940. The second-order valence-electron chi connectivity index (χ2n) is 10.8. The molecule has 0 saturated carbocycles. The molecule has 0 unspecified atom stereocenters. The average Bonchev–Trinajstić information content (AvgIpc) is 2.58. The third kappa shape index (κ3) is 3.05. The number of hydrogen-bond acceptors (Lipinski definition) is 0. The highest BCUT2D eigenvalue weighted by atomic mass is 29.8. The summed E-state index contributed by atoms with van der Waals surface area (Å²) in [6.45, 7) is 24.4. The van der Waals surface area contributed by atoms with E-state index >= 15 is 0 Å². The summed E-state index contributed by atoms with van der Waals surface area (Å²) in [5.74, 6) is 0. The Morgan fingerprint density at radius 3 is 1.33 bits per heavy atom. The third-order valence-corrected chi connectivity index (χ3v) is 76.8. The molecule has 0 atom stereocenters. The molecule has 144 valence electrons. The molecule has 3 aromatic carbocycles. The lowest BCUT2D eigenvalue weighted by molar-refractivity contribution is 1.72. The van der Waals surface area contributed by atoms with E-state index in [1.54, 1.807) is 5.19 Å². The maximum atomic E-state index is 2.76. The second-order valence-corrected chi connectivity index (χ2v) is 51.8. The normalized spacial score (nSPS) is 14.1. The maximum Gasteiger partial charge on any atom is 0.0727 e. The first-order valence-electron chi connectivity index (χ1n) is 10.2. The highest BCUT2D eigenvalue weighted by molar-refractivity contribution is 7.84. The Morgan fingerprint density at radius 1 is 0.519 bits per heavy atom. The number of hydrogen-bond donors (Lipinski definition) is 0. The van der Waals surface area contributed by atoms with Crippen LogP contribution in [0.3, 0.4) is 0 Å². The van der Waals surface area contributed by atoms with E-state index in [1.165, 1.54) is 21.5 Å². The summed E-state index contributed by atoms with van der Waals surface area (Å²) < 4.78 is 0. The van der Waals surface area contributed by atoms with Crippen LogP contribution in [-0.4, -0.2) is 29.4 Å². The van der Waals surface area contributed by atoms with Gasteiger partial charge in [-0.05, 0) is 32.8 Å². The highest BCUT2D eigenvalue weighted by Crippen LogP contribution is 2.37. The molecule has 0 aliphatic heterocycles. The van der Waals surface area contributed by atoms with Gasteiger partial charge in [-0.3, -0.25) is 0 Å². The van der Waals surface area contributed by atoms with Crippen molar-refractivity contribution in [2.45, 2.75) is 58.9 Å². The predicted octanol–water partition coefficient (Wildman–Crippen LogP) is 6.90. The van der Waals surface area contributed by atoms with E-state index in [0.29, 0.717) is 0 Å². The van der Waals surface area contributed by atoms with Gasteiger partial charge in [-0.15, -0.1) is 0 Å². The molecule has 4 heteroatoms. The lowest BCUT2D eigenvalue weighted by Gasteiger charge is -2.54. The Morgan fingerprint density at radius 2 is 0.926 bits per heavy atom. The summed E-state index contributed by atoms with van der Waals surface area (Å²) in [5, 5.41) is 7.63. The molecule has 0 radical (unpaired) electrons. The Kier molecular flexibility index (Phi) is 5.03. The fourth-order valence-corrected chi connectivity index (χ4v) is 74.2. The van der Waals surface area contributed by atoms with Crippen molar-refractivity contribution >= 4 is 56.1 Å². The van der Waals surface area contributed by atoms with Crippen LogP contribution in [0.1, 0.15) is 0 Å². The summed E-state index contributed by atoms with van der Waals surface area (Å²) in [4.78, 5) is 0. The molecule has 0 bridgehead atoms. The van der Waals surface area contributed by atoms with Crippen LogP contribution in [-0.2, 0) is 0 Å². The lowest BCUT2D eigenvalue weighted by atomic mass is 10.0. The molecular formula is C23H36Si4. The maximum absolute atomic E-state index is 2.76. The van der Waals surface area contributed by atoms with Gasteiger partial charge in [0.05, 0.1) is 7.59 Å². The van der Waals surface area contributed by atoms with E-state index in [1.807, 2.05) is 0 Å². The molecule has 0 spiro atoms.